The summed E-state index contributed by atoms with van der Waals surface area (Å²) in [7, 11) is 1.37. The predicted octanol–water partition coefficient (Wildman–Crippen LogP) is -0.196. The van der Waals surface area contributed by atoms with E-state index in [0.29, 0.717) is 6.54 Å². The van der Waals surface area contributed by atoms with Gasteiger partial charge in [0.25, 0.3) is 0 Å². The molecule has 0 saturated carbocycles. The van der Waals surface area contributed by atoms with Gasteiger partial charge in [-0.3, -0.25) is 9.48 Å². The van der Waals surface area contributed by atoms with Crippen molar-refractivity contribution < 1.29 is 9.53 Å². The van der Waals surface area contributed by atoms with E-state index in [0.717, 1.165) is 13.1 Å². The number of alkyl halides is 1. The average molecular weight is 277 g/mol. The summed E-state index contributed by atoms with van der Waals surface area (Å²) in [4.78, 5) is 10.7. The lowest BCUT2D eigenvalue weighted by atomic mass is 10.4. The van der Waals surface area contributed by atoms with Crippen LogP contribution in [-0.4, -0.2) is 46.0 Å². The highest BCUT2D eigenvalue weighted by atomic mass is 79.9. The van der Waals surface area contributed by atoms with E-state index in [1.54, 1.807) is 17.1 Å². The van der Waals surface area contributed by atoms with Crippen molar-refractivity contribution in [1.29, 1.82) is 0 Å². The molecule has 0 aliphatic heterocycles. The van der Waals surface area contributed by atoms with E-state index < -0.39 is 0 Å². The van der Waals surface area contributed by atoms with Crippen LogP contribution in [0.1, 0.15) is 0 Å². The molecule has 0 fully saturated rings. The van der Waals surface area contributed by atoms with Crippen molar-refractivity contribution in [3.8, 4) is 0 Å². The summed E-state index contributed by atoms with van der Waals surface area (Å²) < 4.78 is 6.28. The highest BCUT2D eigenvalue weighted by molar-refractivity contribution is 9.10. The maximum Gasteiger partial charge on any atom is 0.320 e. The number of carbonyl (C=O) groups excluding carboxylic acids is 1. The van der Waals surface area contributed by atoms with Crippen molar-refractivity contribution in [2.45, 2.75) is 11.4 Å². The number of esters is 1. The van der Waals surface area contributed by atoms with Crippen LogP contribution in [0.3, 0.4) is 0 Å². The van der Waals surface area contributed by atoms with Gasteiger partial charge in [0, 0.05) is 19.3 Å². The van der Waals surface area contributed by atoms with E-state index in [9.17, 15) is 4.79 Å². The Balaban J connectivity index is 2.09. The molecule has 0 aromatic carbocycles. The second-order valence-corrected chi connectivity index (χ2v) is 3.97. The Morgan fingerprint density at radius 3 is 3.13 bits per heavy atom. The molecule has 0 aliphatic carbocycles. The van der Waals surface area contributed by atoms with Crippen LogP contribution in [0, 0.1) is 0 Å². The number of hydrogen-bond donors (Lipinski definition) is 1. The number of rotatable bonds is 6. The van der Waals surface area contributed by atoms with Gasteiger partial charge in [0.2, 0.25) is 0 Å². The first-order valence-electron chi connectivity index (χ1n) is 4.50. The normalized spacial score (nSPS) is 12.4. The number of ether oxygens (including phenoxy) is 1. The van der Waals surface area contributed by atoms with Crippen LogP contribution in [0.5, 0.6) is 0 Å². The molecule has 0 saturated heterocycles. The Morgan fingerprint density at radius 2 is 2.53 bits per heavy atom. The van der Waals surface area contributed by atoms with Gasteiger partial charge in [-0.15, -0.1) is 5.10 Å². The molecule has 1 heterocycles. The van der Waals surface area contributed by atoms with Gasteiger partial charge in [-0.25, -0.2) is 0 Å². The smallest absolute Gasteiger partial charge is 0.320 e. The second kappa shape index (κ2) is 6.52. The van der Waals surface area contributed by atoms with E-state index in [1.807, 2.05) is 0 Å². The van der Waals surface area contributed by atoms with E-state index in [2.05, 4.69) is 36.3 Å². The van der Waals surface area contributed by atoms with Gasteiger partial charge in [0.15, 0.2) is 0 Å². The topological polar surface area (TPSA) is 69.0 Å². The lowest BCUT2D eigenvalue weighted by molar-refractivity contribution is -0.139. The number of nitrogens with one attached hydrogen (secondary N) is 1. The summed E-state index contributed by atoms with van der Waals surface area (Å²) in [6.45, 7) is 1.98. The Kier molecular flexibility index (Phi) is 5.27. The molecular formula is C8H13BrN4O2. The molecule has 1 atom stereocenters. The van der Waals surface area contributed by atoms with Gasteiger partial charge in [0.1, 0.15) is 4.83 Å². The van der Waals surface area contributed by atoms with Crippen molar-refractivity contribution in [3.05, 3.63) is 12.4 Å². The Labute approximate surface area is 96.1 Å². The molecule has 1 unspecified atom stereocenters. The molecule has 1 N–H and O–H groups in total. The number of hydrogen-bond acceptors (Lipinski definition) is 5. The number of halogens is 1. The molecular weight excluding hydrogens is 264 g/mol. The van der Waals surface area contributed by atoms with Gasteiger partial charge >= 0.3 is 5.97 Å². The Hall–Kier alpha value is -0.950. The van der Waals surface area contributed by atoms with Crippen LogP contribution in [0.4, 0.5) is 0 Å². The van der Waals surface area contributed by atoms with Crippen LogP contribution in [0.15, 0.2) is 12.4 Å². The van der Waals surface area contributed by atoms with Gasteiger partial charge in [0.05, 0.1) is 19.9 Å². The van der Waals surface area contributed by atoms with Crippen molar-refractivity contribution in [2.75, 3.05) is 20.2 Å². The molecule has 0 radical (unpaired) electrons. The van der Waals surface area contributed by atoms with Crippen molar-refractivity contribution >= 4 is 21.9 Å². The molecule has 84 valence electrons. The first kappa shape index (κ1) is 12.1. The third kappa shape index (κ3) is 4.39. The highest BCUT2D eigenvalue weighted by Gasteiger charge is 2.13. The summed E-state index contributed by atoms with van der Waals surface area (Å²) in [5.41, 5.74) is 0. The first-order chi connectivity index (χ1) is 7.24. The van der Waals surface area contributed by atoms with Crippen molar-refractivity contribution in [1.82, 2.24) is 20.3 Å². The average Bonchev–Trinajstić information content (AvgIpc) is 2.75. The minimum Gasteiger partial charge on any atom is -0.468 e. The van der Waals surface area contributed by atoms with Gasteiger partial charge < -0.3 is 10.1 Å². The van der Waals surface area contributed by atoms with E-state index >= 15 is 0 Å². The minimum absolute atomic E-state index is 0.275. The zero-order valence-electron chi connectivity index (χ0n) is 8.39. The number of nitrogens with zero attached hydrogens (tertiary/aromatic N) is 3. The molecule has 0 amide bonds. The molecule has 0 aliphatic rings. The lowest BCUT2D eigenvalue weighted by Crippen LogP contribution is -2.31. The molecule has 0 spiro atoms. The number of methoxy groups -OCH3 is 1. The highest BCUT2D eigenvalue weighted by Crippen LogP contribution is 1.99. The van der Waals surface area contributed by atoms with E-state index in [4.69, 9.17) is 0 Å². The lowest BCUT2D eigenvalue weighted by Gasteiger charge is -2.08. The third-order valence-electron chi connectivity index (χ3n) is 1.77. The van der Waals surface area contributed by atoms with Crippen LogP contribution in [-0.2, 0) is 16.1 Å². The van der Waals surface area contributed by atoms with E-state index in [-0.39, 0.29) is 10.8 Å². The fraction of sp³-hybridized carbons (Fsp3) is 0.625. The minimum atomic E-state index is -0.307. The van der Waals surface area contributed by atoms with Crippen molar-refractivity contribution in [3.63, 3.8) is 0 Å². The molecule has 7 heteroatoms. The quantitative estimate of drug-likeness (QED) is 0.443. The summed E-state index contributed by atoms with van der Waals surface area (Å²) >= 11 is 3.21. The predicted molar refractivity (Wildman–Crippen MR) is 57.6 cm³/mol. The zero-order chi connectivity index (χ0) is 11.1. The van der Waals surface area contributed by atoms with Crippen LogP contribution < -0.4 is 5.32 Å². The zero-order valence-corrected chi connectivity index (χ0v) is 9.98. The number of aromatic nitrogens is 3. The van der Waals surface area contributed by atoms with Gasteiger partial charge in [-0.1, -0.05) is 21.1 Å². The summed E-state index contributed by atoms with van der Waals surface area (Å²) in [6, 6.07) is 0. The van der Waals surface area contributed by atoms with E-state index in [1.165, 1.54) is 7.11 Å². The fourth-order valence-corrected chi connectivity index (χ4v) is 1.40. The first-order valence-corrected chi connectivity index (χ1v) is 5.42. The molecule has 0 bridgehead atoms. The standard InChI is InChI=1S/C8H13BrN4O2/c1-15-8(14)7(9)6-10-2-4-13-5-3-11-12-13/h3,5,7,10H,2,4,6H2,1H3. The maximum absolute atomic E-state index is 11.0. The molecule has 1 aromatic rings. The molecule has 1 rings (SSSR count). The maximum atomic E-state index is 11.0. The Morgan fingerprint density at radius 1 is 1.73 bits per heavy atom. The SMILES string of the molecule is COC(=O)C(Br)CNCCn1ccnn1. The van der Waals surface area contributed by atoms with Crippen LogP contribution in [0.2, 0.25) is 0 Å². The monoisotopic (exact) mass is 276 g/mol. The third-order valence-corrected chi connectivity index (χ3v) is 2.47. The summed E-state index contributed by atoms with van der Waals surface area (Å²) in [5, 5.41) is 10.6. The summed E-state index contributed by atoms with van der Waals surface area (Å²) in [6.07, 6.45) is 3.41. The Bertz CT molecular complexity index is 291. The van der Waals surface area contributed by atoms with Gasteiger partial charge in [-0.2, -0.15) is 0 Å². The molecule has 1 aromatic heterocycles. The largest absolute Gasteiger partial charge is 0.468 e. The summed E-state index contributed by atoms with van der Waals surface area (Å²) in [5.74, 6) is -0.275. The van der Waals surface area contributed by atoms with Crippen LogP contribution >= 0.6 is 15.9 Å². The molecule has 6 nitrogen and oxygen atoms in total. The van der Waals surface area contributed by atoms with Crippen molar-refractivity contribution in [2.24, 2.45) is 0 Å². The fourth-order valence-electron chi connectivity index (χ4n) is 0.986. The second-order valence-electron chi connectivity index (χ2n) is 2.86. The van der Waals surface area contributed by atoms with Gasteiger partial charge in [-0.05, 0) is 0 Å². The number of carbonyl (C=O) groups is 1. The molecule has 15 heavy (non-hydrogen) atoms. The van der Waals surface area contributed by atoms with Crippen LogP contribution in [0.25, 0.3) is 0 Å².